The van der Waals surface area contributed by atoms with Crippen molar-refractivity contribution in [1.29, 1.82) is 0 Å². The van der Waals surface area contributed by atoms with Crippen LogP contribution in [-0.4, -0.2) is 28.1 Å². The van der Waals surface area contributed by atoms with Gasteiger partial charge in [-0.05, 0) is 24.1 Å². The number of carbonyl (C=O) groups is 1. The number of aryl methyl sites for hydroxylation is 1. The molecule has 1 aliphatic heterocycles. The number of nitro groups is 1. The van der Waals surface area contributed by atoms with Crippen LogP contribution in [0.3, 0.4) is 0 Å². The van der Waals surface area contributed by atoms with Gasteiger partial charge in [-0.3, -0.25) is 14.9 Å². The maximum absolute atomic E-state index is 12.3. The maximum atomic E-state index is 12.3. The Morgan fingerprint density at radius 3 is 2.93 bits per heavy atom. The summed E-state index contributed by atoms with van der Waals surface area (Å²) in [4.78, 5) is 27.4. The average Bonchev–Trinajstić information content (AvgIpc) is 2.67. The minimum atomic E-state index is -0.510. The molecule has 0 radical (unpaired) electrons. The molecule has 2 aromatic carbocycles. The average molecular weight is 403 g/mol. The van der Waals surface area contributed by atoms with Gasteiger partial charge in [-0.1, -0.05) is 41.7 Å². The van der Waals surface area contributed by atoms with Crippen LogP contribution in [0, 0.1) is 17.0 Å². The smallest absolute Gasteiger partial charge is 0.311 e. The summed E-state index contributed by atoms with van der Waals surface area (Å²) in [6.45, 7) is 1.70. The number of fused-ring (bicyclic) bond motifs is 1. The second-order valence-corrected chi connectivity index (χ2v) is 7.91. The summed E-state index contributed by atoms with van der Waals surface area (Å²) in [6.07, 6.45) is 0. The zero-order valence-electron chi connectivity index (χ0n) is 14.7. The molecule has 0 aliphatic carbocycles. The van der Waals surface area contributed by atoms with E-state index in [1.54, 1.807) is 18.7 Å². The maximum Gasteiger partial charge on any atom is 0.311 e. The molecule has 0 unspecified atom stereocenters. The summed E-state index contributed by atoms with van der Waals surface area (Å²) >= 11 is 2.98. The highest BCUT2D eigenvalue weighted by Crippen LogP contribution is 2.35. The first-order chi connectivity index (χ1) is 13.0. The van der Waals surface area contributed by atoms with Crippen LogP contribution in [0.2, 0.25) is 0 Å². The van der Waals surface area contributed by atoms with Crippen LogP contribution in [0.25, 0.3) is 0 Å². The molecule has 1 aliphatic rings. The Morgan fingerprint density at radius 1 is 1.41 bits per heavy atom. The van der Waals surface area contributed by atoms with E-state index in [0.717, 1.165) is 15.8 Å². The van der Waals surface area contributed by atoms with Crippen LogP contribution in [-0.2, 0) is 10.5 Å². The predicted octanol–water partition coefficient (Wildman–Crippen LogP) is 4.52. The molecule has 0 saturated carbocycles. The summed E-state index contributed by atoms with van der Waals surface area (Å²) in [5.41, 5.74) is 3.08. The third kappa shape index (κ3) is 4.61. The topological polar surface area (TPSA) is 93.8 Å². The zero-order valence-corrected chi connectivity index (χ0v) is 16.4. The molecule has 3 rings (SSSR count). The molecule has 1 N–H and O–H groups in total. The predicted molar refractivity (Wildman–Crippen MR) is 110 cm³/mol. The van der Waals surface area contributed by atoms with Gasteiger partial charge in [0.25, 0.3) is 0 Å². The van der Waals surface area contributed by atoms with Gasteiger partial charge in [-0.2, -0.15) is 0 Å². The lowest BCUT2D eigenvalue weighted by Crippen LogP contribution is -2.16. The number of nitrogens with zero attached hydrogens (tertiary/aromatic N) is 2. The molecule has 27 heavy (non-hydrogen) atoms. The number of para-hydroxylation sites is 1. The first-order valence-corrected chi connectivity index (χ1v) is 10.00. The van der Waals surface area contributed by atoms with Crippen molar-refractivity contribution in [2.45, 2.75) is 12.7 Å². The van der Waals surface area contributed by atoms with Gasteiger partial charge in [0.15, 0.2) is 5.75 Å². The summed E-state index contributed by atoms with van der Waals surface area (Å²) in [6, 6.07) is 10.8. The minimum absolute atomic E-state index is 0.109. The number of rotatable bonds is 5. The second-order valence-electron chi connectivity index (χ2n) is 5.73. The molecule has 0 saturated heterocycles. The lowest BCUT2D eigenvalue weighted by Gasteiger charge is -2.14. The van der Waals surface area contributed by atoms with Gasteiger partial charge in [0, 0.05) is 23.6 Å². The number of benzene rings is 2. The molecule has 140 valence electrons. The van der Waals surface area contributed by atoms with Crippen LogP contribution in [0.4, 0.5) is 17.1 Å². The van der Waals surface area contributed by atoms with Crippen molar-refractivity contribution in [1.82, 2.24) is 0 Å². The Labute approximate surface area is 164 Å². The number of nitro benzene ring substituents is 1. The third-order valence-corrected chi connectivity index (χ3v) is 6.12. The second kappa shape index (κ2) is 8.45. The van der Waals surface area contributed by atoms with Gasteiger partial charge in [0.1, 0.15) is 4.38 Å². The number of hydrogen-bond acceptors (Lipinski definition) is 7. The number of carbonyl (C=O) groups excluding carboxylic acids is 1. The number of anilines is 1. The molecule has 0 spiro atoms. The summed E-state index contributed by atoms with van der Waals surface area (Å²) < 4.78 is 5.90. The van der Waals surface area contributed by atoms with Crippen LogP contribution in [0.1, 0.15) is 11.1 Å². The fraction of sp³-hybridized carbons (Fsp3) is 0.222. The largest absolute Gasteiger partial charge is 0.490 e. The van der Waals surface area contributed by atoms with Crippen LogP contribution in [0.15, 0.2) is 41.4 Å². The Morgan fingerprint density at radius 2 is 2.19 bits per heavy atom. The van der Waals surface area contributed by atoms with Crippen molar-refractivity contribution >= 4 is 50.9 Å². The molecule has 0 atom stereocenters. The quantitative estimate of drug-likeness (QED) is 0.583. The number of hydrogen-bond donors (Lipinski definition) is 1. The number of aliphatic imine (C=N–C) groups is 1. The highest BCUT2D eigenvalue weighted by molar-refractivity contribution is 8.38. The highest BCUT2D eigenvalue weighted by Gasteiger charge is 2.19. The first kappa shape index (κ1) is 19.2. The van der Waals surface area contributed by atoms with Gasteiger partial charge >= 0.3 is 5.69 Å². The third-order valence-electron chi connectivity index (χ3n) is 3.88. The van der Waals surface area contributed by atoms with Crippen LogP contribution >= 0.6 is 23.5 Å². The van der Waals surface area contributed by atoms with Gasteiger partial charge in [0.2, 0.25) is 5.91 Å². The molecule has 1 heterocycles. The highest BCUT2D eigenvalue weighted by atomic mass is 32.2. The Kier molecular flexibility index (Phi) is 6.02. The van der Waals surface area contributed by atoms with Crippen molar-refractivity contribution in [3.63, 3.8) is 0 Å². The van der Waals surface area contributed by atoms with Gasteiger partial charge in [-0.15, -0.1) is 0 Å². The zero-order chi connectivity index (χ0) is 19.4. The van der Waals surface area contributed by atoms with Crippen molar-refractivity contribution in [2.24, 2.45) is 4.99 Å². The molecule has 2 aromatic rings. The lowest BCUT2D eigenvalue weighted by atomic mass is 10.1. The van der Waals surface area contributed by atoms with Gasteiger partial charge in [-0.25, -0.2) is 4.99 Å². The van der Waals surface area contributed by atoms with E-state index >= 15 is 0 Å². The van der Waals surface area contributed by atoms with Crippen LogP contribution in [0.5, 0.6) is 5.75 Å². The SMILES string of the molecule is COc1cc(NC(=O)CSC2=Nc3ccccc3CS2)c(C)cc1[N+](=O)[O-]. The van der Waals surface area contributed by atoms with Crippen LogP contribution < -0.4 is 10.1 Å². The Hall–Kier alpha value is -2.52. The summed E-state index contributed by atoms with van der Waals surface area (Å²) in [5.74, 6) is 0.938. The van der Waals surface area contributed by atoms with E-state index in [9.17, 15) is 14.9 Å². The lowest BCUT2D eigenvalue weighted by molar-refractivity contribution is -0.385. The van der Waals surface area contributed by atoms with E-state index in [0.29, 0.717) is 11.3 Å². The van der Waals surface area contributed by atoms with Gasteiger partial charge < -0.3 is 10.1 Å². The number of amides is 1. The Balaban J connectivity index is 1.65. The molecule has 0 aromatic heterocycles. The fourth-order valence-corrected chi connectivity index (χ4v) is 4.38. The molecular weight excluding hydrogens is 386 g/mol. The summed E-state index contributed by atoms with van der Waals surface area (Å²) in [7, 11) is 1.36. The molecule has 0 bridgehead atoms. The Bertz CT molecular complexity index is 931. The van der Waals surface area contributed by atoms with E-state index < -0.39 is 4.92 Å². The minimum Gasteiger partial charge on any atom is -0.490 e. The monoisotopic (exact) mass is 403 g/mol. The van der Waals surface area contributed by atoms with Crippen molar-refractivity contribution in [2.75, 3.05) is 18.2 Å². The van der Waals surface area contributed by atoms with E-state index in [4.69, 9.17) is 4.74 Å². The molecule has 1 amide bonds. The van der Waals surface area contributed by atoms with E-state index in [1.165, 1.54) is 36.6 Å². The van der Waals surface area contributed by atoms with E-state index in [1.807, 2.05) is 24.3 Å². The van der Waals surface area contributed by atoms with Crippen molar-refractivity contribution in [3.05, 3.63) is 57.6 Å². The van der Waals surface area contributed by atoms with E-state index in [-0.39, 0.29) is 23.1 Å². The number of methoxy groups -OCH3 is 1. The number of ether oxygens (including phenoxy) is 1. The normalized spacial score (nSPS) is 12.7. The van der Waals surface area contributed by atoms with E-state index in [2.05, 4.69) is 10.3 Å². The molecule has 9 heteroatoms. The standard InChI is InChI=1S/C18H17N3O4S2/c1-11-7-15(21(23)24)16(25-2)8-14(11)19-17(22)10-27-18-20-13-6-4-3-5-12(13)9-26-18/h3-8H,9-10H2,1-2H3,(H,19,22). The molecule has 7 nitrogen and oxygen atoms in total. The molecule has 0 fully saturated rings. The van der Waals surface area contributed by atoms with Gasteiger partial charge in [0.05, 0.1) is 23.5 Å². The summed E-state index contributed by atoms with van der Waals surface area (Å²) in [5, 5.41) is 13.8. The number of nitrogens with one attached hydrogen (secondary N) is 1. The molecular formula is C18H17N3O4S2. The van der Waals surface area contributed by atoms with Crippen molar-refractivity contribution < 1.29 is 14.5 Å². The number of thioether (sulfide) groups is 2. The van der Waals surface area contributed by atoms with Crippen molar-refractivity contribution in [3.8, 4) is 5.75 Å². The first-order valence-electron chi connectivity index (χ1n) is 8.03. The fourth-order valence-electron chi connectivity index (χ4n) is 2.51.